The fourth-order valence-corrected chi connectivity index (χ4v) is 4.44. The van der Waals surface area contributed by atoms with Crippen LogP contribution in [-0.4, -0.2) is 18.0 Å². The van der Waals surface area contributed by atoms with Crippen LogP contribution in [0.25, 0.3) is 0 Å². The highest BCUT2D eigenvalue weighted by molar-refractivity contribution is 6.01. The molecule has 3 nitrogen and oxygen atoms in total. The predicted octanol–water partition coefficient (Wildman–Crippen LogP) is 4.49. The summed E-state index contributed by atoms with van der Waals surface area (Å²) in [5, 5.41) is 6.88. The van der Waals surface area contributed by atoms with Crippen molar-refractivity contribution in [3.63, 3.8) is 0 Å². The van der Waals surface area contributed by atoms with Crippen molar-refractivity contribution in [3.05, 3.63) is 64.7 Å². The molecule has 3 heteroatoms. The average Bonchev–Trinajstić information content (AvgIpc) is 3.15. The Morgan fingerprint density at radius 2 is 1.88 bits per heavy atom. The molecular formula is C23H28N2O. The molecule has 1 fully saturated rings. The summed E-state index contributed by atoms with van der Waals surface area (Å²) in [7, 11) is 0. The van der Waals surface area contributed by atoms with Gasteiger partial charge in [-0.3, -0.25) is 4.79 Å². The van der Waals surface area contributed by atoms with E-state index in [0.29, 0.717) is 0 Å². The first-order valence-electron chi connectivity index (χ1n) is 9.65. The second kappa shape index (κ2) is 6.15. The maximum atomic E-state index is 13.2. The minimum atomic E-state index is -0.155. The van der Waals surface area contributed by atoms with Crippen molar-refractivity contribution in [2.75, 3.05) is 11.9 Å². The van der Waals surface area contributed by atoms with Gasteiger partial charge >= 0.3 is 0 Å². The monoisotopic (exact) mass is 348 g/mol. The summed E-state index contributed by atoms with van der Waals surface area (Å²) in [6.07, 6.45) is 4.08. The van der Waals surface area contributed by atoms with Crippen molar-refractivity contribution in [2.24, 2.45) is 5.41 Å². The lowest BCUT2D eigenvalue weighted by molar-refractivity contribution is 0.0922. The van der Waals surface area contributed by atoms with Crippen LogP contribution in [0, 0.1) is 12.3 Å². The van der Waals surface area contributed by atoms with Crippen molar-refractivity contribution in [2.45, 2.75) is 52.0 Å². The molecule has 0 spiro atoms. The van der Waals surface area contributed by atoms with Crippen LogP contribution in [0.5, 0.6) is 0 Å². The lowest BCUT2D eigenvalue weighted by Crippen LogP contribution is -2.42. The van der Waals surface area contributed by atoms with Crippen LogP contribution in [0.2, 0.25) is 0 Å². The Hall–Kier alpha value is -2.29. The van der Waals surface area contributed by atoms with Gasteiger partial charge < -0.3 is 10.6 Å². The maximum absolute atomic E-state index is 13.2. The Morgan fingerprint density at radius 3 is 2.58 bits per heavy atom. The molecule has 2 aliphatic rings. The van der Waals surface area contributed by atoms with Crippen molar-refractivity contribution in [1.29, 1.82) is 0 Å². The van der Waals surface area contributed by atoms with Gasteiger partial charge in [0, 0.05) is 6.54 Å². The van der Waals surface area contributed by atoms with E-state index in [1.807, 2.05) is 12.1 Å². The fraction of sp³-hybridized carbons (Fsp3) is 0.435. The number of hydrogen-bond acceptors (Lipinski definition) is 2. The summed E-state index contributed by atoms with van der Waals surface area (Å²) in [6, 6.07) is 14.5. The number of carbonyl (C=O) groups is 1. The molecule has 26 heavy (non-hydrogen) atoms. The molecule has 1 amide bonds. The number of anilines is 1. The first-order chi connectivity index (χ1) is 12.4. The molecule has 1 aliphatic heterocycles. The Bertz CT molecular complexity index is 841. The van der Waals surface area contributed by atoms with Gasteiger partial charge in [0.1, 0.15) is 0 Å². The first kappa shape index (κ1) is 17.1. The van der Waals surface area contributed by atoms with Gasteiger partial charge in [0.05, 0.1) is 16.8 Å². The predicted molar refractivity (Wildman–Crippen MR) is 107 cm³/mol. The highest BCUT2D eigenvalue weighted by Crippen LogP contribution is 2.57. The Morgan fingerprint density at radius 1 is 1.15 bits per heavy atom. The Labute approximate surface area is 156 Å². The zero-order valence-electron chi connectivity index (χ0n) is 16.0. The summed E-state index contributed by atoms with van der Waals surface area (Å²) in [5.41, 5.74) is 5.66. The van der Waals surface area contributed by atoms with E-state index in [1.54, 1.807) is 0 Å². The van der Waals surface area contributed by atoms with Gasteiger partial charge in [0.15, 0.2) is 0 Å². The zero-order chi connectivity index (χ0) is 18.4. The molecule has 0 saturated heterocycles. The number of carbonyl (C=O) groups excluding carboxylic acids is 1. The SMILES string of the molecule is Cc1ccc(C(=O)NC2(Cc3ccccc3)CC2(C)C)c2c1CCCN2. The van der Waals surface area contributed by atoms with E-state index in [9.17, 15) is 4.79 Å². The Balaban J connectivity index is 1.61. The van der Waals surface area contributed by atoms with Crippen LogP contribution in [0.1, 0.15) is 53.7 Å². The summed E-state index contributed by atoms with van der Waals surface area (Å²) in [5.74, 6) is 0.0529. The highest BCUT2D eigenvalue weighted by Gasteiger charge is 2.61. The molecule has 1 aliphatic carbocycles. The molecule has 0 bridgehead atoms. The van der Waals surface area contributed by atoms with Gasteiger partial charge in [0.2, 0.25) is 0 Å². The molecule has 1 heterocycles. The smallest absolute Gasteiger partial charge is 0.253 e. The van der Waals surface area contributed by atoms with Gasteiger partial charge in [0.25, 0.3) is 5.91 Å². The van der Waals surface area contributed by atoms with E-state index >= 15 is 0 Å². The Kier molecular flexibility index (Phi) is 4.06. The highest BCUT2D eigenvalue weighted by atomic mass is 16.1. The van der Waals surface area contributed by atoms with E-state index in [0.717, 1.165) is 43.5 Å². The van der Waals surface area contributed by atoms with Crippen LogP contribution in [0.4, 0.5) is 5.69 Å². The summed E-state index contributed by atoms with van der Waals surface area (Å²) < 4.78 is 0. The van der Waals surface area contributed by atoms with Crippen molar-refractivity contribution < 1.29 is 4.79 Å². The van der Waals surface area contributed by atoms with Crippen LogP contribution in [0.3, 0.4) is 0 Å². The molecule has 1 atom stereocenters. The molecule has 2 N–H and O–H groups in total. The lowest BCUT2D eigenvalue weighted by atomic mass is 9.93. The number of fused-ring (bicyclic) bond motifs is 1. The van der Waals surface area contributed by atoms with E-state index in [2.05, 4.69) is 61.7 Å². The van der Waals surface area contributed by atoms with E-state index in [4.69, 9.17) is 0 Å². The zero-order valence-corrected chi connectivity index (χ0v) is 16.0. The van der Waals surface area contributed by atoms with Gasteiger partial charge in [-0.05, 0) is 60.8 Å². The topological polar surface area (TPSA) is 41.1 Å². The standard InChI is InChI=1S/C23H28N2O/c1-16-11-12-19(20-18(16)10-7-13-24-20)21(26)25-23(15-22(23,2)3)14-17-8-5-4-6-9-17/h4-6,8-9,11-12,24H,7,10,13-15H2,1-3H3,(H,25,26). The first-order valence-corrected chi connectivity index (χ1v) is 9.65. The van der Waals surface area contributed by atoms with Gasteiger partial charge in [-0.1, -0.05) is 50.2 Å². The number of benzene rings is 2. The second-order valence-corrected chi connectivity index (χ2v) is 8.57. The van der Waals surface area contributed by atoms with E-state index < -0.39 is 0 Å². The number of hydrogen-bond donors (Lipinski definition) is 2. The molecule has 2 aromatic rings. The van der Waals surface area contributed by atoms with Crippen LogP contribution >= 0.6 is 0 Å². The molecule has 136 valence electrons. The van der Waals surface area contributed by atoms with Crippen molar-refractivity contribution in [3.8, 4) is 0 Å². The number of rotatable bonds is 4. The number of amides is 1. The molecule has 4 rings (SSSR count). The quantitative estimate of drug-likeness (QED) is 0.854. The third kappa shape index (κ3) is 2.90. The van der Waals surface area contributed by atoms with Crippen LogP contribution < -0.4 is 10.6 Å². The molecule has 1 unspecified atom stereocenters. The summed E-state index contributed by atoms with van der Waals surface area (Å²) >= 11 is 0. The molecule has 1 saturated carbocycles. The summed E-state index contributed by atoms with van der Waals surface area (Å²) in [4.78, 5) is 13.2. The fourth-order valence-electron chi connectivity index (χ4n) is 4.44. The number of nitrogens with one attached hydrogen (secondary N) is 2. The number of aryl methyl sites for hydroxylation is 1. The van der Waals surface area contributed by atoms with Crippen LogP contribution in [0.15, 0.2) is 42.5 Å². The minimum absolute atomic E-state index is 0.0529. The van der Waals surface area contributed by atoms with Gasteiger partial charge in [-0.2, -0.15) is 0 Å². The van der Waals surface area contributed by atoms with Gasteiger partial charge in [-0.15, -0.1) is 0 Å². The molecular weight excluding hydrogens is 320 g/mol. The van der Waals surface area contributed by atoms with Crippen molar-refractivity contribution in [1.82, 2.24) is 5.32 Å². The average molecular weight is 348 g/mol. The minimum Gasteiger partial charge on any atom is -0.384 e. The largest absolute Gasteiger partial charge is 0.384 e. The third-order valence-electron chi connectivity index (χ3n) is 6.31. The molecule has 2 aromatic carbocycles. The second-order valence-electron chi connectivity index (χ2n) is 8.57. The van der Waals surface area contributed by atoms with Crippen molar-refractivity contribution >= 4 is 11.6 Å². The van der Waals surface area contributed by atoms with Crippen LogP contribution in [-0.2, 0) is 12.8 Å². The molecule has 0 aromatic heterocycles. The van der Waals surface area contributed by atoms with E-state index in [1.165, 1.54) is 16.7 Å². The van der Waals surface area contributed by atoms with E-state index in [-0.39, 0.29) is 16.9 Å². The normalized spacial score (nSPS) is 22.9. The third-order valence-corrected chi connectivity index (χ3v) is 6.31. The maximum Gasteiger partial charge on any atom is 0.253 e. The van der Waals surface area contributed by atoms with Gasteiger partial charge in [-0.25, -0.2) is 0 Å². The lowest BCUT2D eigenvalue weighted by Gasteiger charge is -2.26. The molecule has 0 radical (unpaired) electrons. The summed E-state index contributed by atoms with van der Waals surface area (Å²) in [6.45, 7) is 7.57.